The third kappa shape index (κ3) is 4.93. The summed E-state index contributed by atoms with van der Waals surface area (Å²) in [6, 6.07) is 11.8. The molecule has 5 nitrogen and oxygen atoms in total. The molecule has 1 saturated heterocycles. The number of ether oxygens (including phenoxy) is 3. The maximum Gasteiger partial charge on any atom is 0.252 e. The Bertz CT molecular complexity index is 895. The molecule has 0 saturated carbocycles. The maximum absolute atomic E-state index is 13.0. The Hall–Kier alpha value is -2.18. The lowest BCUT2D eigenvalue weighted by molar-refractivity contribution is 0.0947. The molecule has 0 radical (unpaired) electrons. The first-order chi connectivity index (χ1) is 14.6. The summed E-state index contributed by atoms with van der Waals surface area (Å²) in [6.45, 7) is 5.85. The Balaban J connectivity index is 1.44. The van der Waals surface area contributed by atoms with Crippen LogP contribution < -0.4 is 14.8 Å². The average Bonchev–Trinajstić information content (AvgIpc) is 3.39. The van der Waals surface area contributed by atoms with Crippen molar-refractivity contribution in [2.24, 2.45) is 0 Å². The van der Waals surface area contributed by atoms with Gasteiger partial charge >= 0.3 is 0 Å². The van der Waals surface area contributed by atoms with Gasteiger partial charge in [0.2, 0.25) is 0 Å². The Morgan fingerprint density at radius 3 is 2.97 bits per heavy atom. The van der Waals surface area contributed by atoms with E-state index in [9.17, 15) is 4.79 Å². The minimum absolute atomic E-state index is 0.0809. The number of fused-ring (bicyclic) bond motifs is 1. The van der Waals surface area contributed by atoms with Gasteiger partial charge in [-0.1, -0.05) is 12.1 Å². The van der Waals surface area contributed by atoms with Gasteiger partial charge in [-0.2, -0.15) is 0 Å². The molecule has 30 heavy (non-hydrogen) atoms. The summed E-state index contributed by atoms with van der Waals surface area (Å²) in [5.41, 5.74) is 2.80. The number of hydrogen-bond acceptors (Lipinski definition) is 5. The number of nitrogens with one attached hydrogen (secondary N) is 1. The number of benzene rings is 2. The zero-order valence-corrected chi connectivity index (χ0v) is 18.4. The van der Waals surface area contributed by atoms with Gasteiger partial charge in [-0.05, 0) is 51.0 Å². The van der Waals surface area contributed by atoms with Crippen molar-refractivity contribution in [1.82, 2.24) is 5.32 Å². The first-order valence-corrected chi connectivity index (χ1v) is 11.7. The summed E-state index contributed by atoms with van der Waals surface area (Å²) in [4.78, 5) is 13.9. The quantitative estimate of drug-likeness (QED) is 0.624. The van der Waals surface area contributed by atoms with Crippen molar-refractivity contribution < 1.29 is 19.0 Å². The van der Waals surface area contributed by atoms with E-state index in [4.69, 9.17) is 14.2 Å². The molecule has 2 aromatic rings. The number of carbonyl (C=O) groups excluding carboxylic acids is 1. The van der Waals surface area contributed by atoms with Crippen molar-refractivity contribution in [2.45, 2.75) is 56.8 Å². The lowest BCUT2D eigenvalue weighted by Crippen LogP contribution is -2.24. The molecule has 0 bridgehead atoms. The molecule has 0 aliphatic carbocycles. The number of rotatable bonds is 8. The van der Waals surface area contributed by atoms with Gasteiger partial charge in [0.1, 0.15) is 17.6 Å². The van der Waals surface area contributed by atoms with Crippen LogP contribution in [0.2, 0.25) is 0 Å². The molecule has 1 fully saturated rings. The van der Waals surface area contributed by atoms with E-state index in [1.807, 2.05) is 37.3 Å². The second-order valence-electron chi connectivity index (χ2n) is 7.76. The Kier molecular flexibility index (Phi) is 6.85. The van der Waals surface area contributed by atoms with Gasteiger partial charge in [0.25, 0.3) is 5.91 Å². The van der Waals surface area contributed by atoms with Crippen LogP contribution in [-0.2, 0) is 17.7 Å². The zero-order valence-electron chi connectivity index (χ0n) is 17.6. The molecular formula is C24H29NO4S. The highest BCUT2D eigenvalue weighted by atomic mass is 32.2. The van der Waals surface area contributed by atoms with Crippen LogP contribution in [0.1, 0.15) is 48.2 Å². The van der Waals surface area contributed by atoms with E-state index in [1.165, 1.54) is 0 Å². The van der Waals surface area contributed by atoms with E-state index in [0.29, 0.717) is 18.7 Å². The highest BCUT2D eigenvalue weighted by Gasteiger charge is 2.22. The zero-order chi connectivity index (χ0) is 20.9. The lowest BCUT2D eigenvalue weighted by Gasteiger charge is -2.15. The molecule has 2 heterocycles. The minimum Gasteiger partial charge on any atom is -0.494 e. The van der Waals surface area contributed by atoms with Gasteiger partial charge in [-0.3, -0.25) is 4.79 Å². The highest BCUT2D eigenvalue weighted by Crippen LogP contribution is 2.35. The van der Waals surface area contributed by atoms with Crippen molar-refractivity contribution >= 4 is 17.7 Å². The standard InChI is InChI=1S/C24H29NO4S/c1-3-27-21-12-17-11-16(2)29-22(17)13-18(21)14-25-24(26)20-8-4-5-9-23(20)30-15-19-7-6-10-28-19/h4-5,8-9,12-13,16,19H,3,6-7,10-11,14-15H2,1-2H3,(H,25,26)/t16-,19-/m1/s1. The van der Waals surface area contributed by atoms with Gasteiger partial charge in [-0.25, -0.2) is 0 Å². The lowest BCUT2D eigenvalue weighted by atomic mass is 10.1. The van der Waals surface area contributed by atoms with Crippen LogP contribution in [0.4, 0.5) is 0 Å². The van der Waals surface area contributed by atoms with E-state index in [0.717, 1.165) is 59.1 Å². The second kappa shape index (κ2) is 9.75. The van der Waals surface area contributed by atoms with Crippen LogP contribution >= 0.6 is 11.8 Å². The number of amides is 1. The molecule has 1 N–H and O–H groups in total. The van der Waals surface area contributed by atoms with Gasteiger partial charge < -0.3 is 19.5 Å². The SMILES string of the molecule is CCOc1cc2c(cc1CNC(=O)c1ccccc1SC[C@H]1CCCO1)O[C@H](C)C2. The molecule has 1 amide bonds. The fourth-order valence-corrected chi connectivity index (χ4v) is 5.04. The second-order valence-corrected chi connectivity index (χ2v) is 8.82. The van der Waals surface area contributed by atoms with Crippen molar-refractivity contribution in [1.29, 1.82) is 0 Å². The number of carbonyl (C=O) groups is 1. The Labute approximate surface area is 182 Å². The van der Waals surface area contributed by atoms with E-state index in [-0.39, 0.29) is 18.1 Å². The third-order valence-electron chi connectivity index (χ3n) is 5.40. The summed E-state index contributed by atoms with van der Waals surface area (Å²) in [5, 5.41) is 3.07. The third-order valence-corrected chi connectivity index (χ3v) is 6.60. The molecule has 0 spiro atoms. The molecule has 0 unspecified atom stereocenters. The smallest absolute Gasteiger partial charge is 0.252 e. The molecule has 160 valence electrons. The van der Waals surface area contributed by atoms with Gasteiger partial charge in [0.15, 0.2) is 0 Å². The molecule has 2 atom stereocenters. The fraction of sp³-hybridized carbons (Fsp3) is 0.458. The van der Waals surface area contributed by atoms with Crippen molar-refractivity contribution in [2.75, 3.05) is 19.0 Å². The van der Waals surface area contributed by atoms with Gasteiger partial charge in [0.05, 0.1) is 18.3 Å². The van der Waals surface area contributed by atoms with Crippen LogP contribution in [0.15, 0.2) is 41.3 Å². The predicted octanol–water partition coefficient (Wildman–Crippen LogP) is 4.61. The summed E-state index contributed by atoms with van der Waals surface area (Å²) < 4.78 is 17.4. The van der Waals surface area contributed by atoms with E-state index in [1.54, 1.807) is 11.8 Å². The molecule has 0 aromatic heterocycles. The largest absolute Gasteiger partial charge is 0.494 e. The summed E-state index contributed by atoms with van der Waals surface area (Å²) in [5.74, 6) is 2.50. The monoisotopic (exact) mass is 427 g/mol. The van der Waals surface area contributed by atoms with Gasteiger partial charge in [-0.15, -0.1) is 11.8 Å². The van der Waals surface area contributed by atoms with E-state index in [2.05, 4.69) is 18.3 Å². The molecule has 4 rings (SSSR count). The summed E-state index contributed by atoms with van der Waals surface area (Å²) in [7, 11) is 0. The fourth-order valence-electron chi connectivity index (χ4n) is 3.92. The Morgan fingerprint density at radius 1 is 1.30 bits per heavy atom. The van der Waals surface area contributed by atoms with Crippen molar-refractivity contribution in [3.05, 3.63) is 53.1 Å². The molecule has 2 aliphatic rings. The molecule has 2 aliphatic heterocycles. The normalized spacial score (nSPS) is 19.9. The van der Waals surface area contributed by atoms with Crippen LogP contribution in [-0.4, -0.2) is 37.1 Å². The van der Waals surface area contributed by atoms with Crippen LogP contribution in [0, 0.1) is 0 Å². The van der Waals surface area contributed by atoms with Crippen LogP contribution in [0.25, 0.3) is 0 Å². The number of hydrogen-bond donors (Lipinski definition) is 1. The van der Waals surface area contributed by atoms with Crippen molar-refractivity contribution in [3.8, 4) is 11.5 Å². The van der Waals surface area contributed by atoms with E-state index >= 15 is 0 Å². The minimum atomic E-state index is -0.0809. The van der Waals surface area contributed by atoms with Crippen LogP contribution in [0.5, 0.6) is 11.5 Å². The van der Waals surface area contributed by atoms with Crippen molar-refractivity contribution in [3.63, 3.8) is 0 Å². The van der Waals surface area contributed by atoms with Crippen LogP contribution in [0.3, 0.4) is 0 Å². The first kappa shape index (κ1) is 21.1. The first-order valence-electron chi connectivity index (χ1n) is 10.7. The molecule has 6 heteroatoms. The topological polar surface area (TPSA) is 56.8 Å². The Morgan fingerprint density at radius 2 is 2.17 bits per heavy atom. The highest BCUT2D eigenvalue weighted by molar-refractivity contribution is 7.99. The molecular weight excluding hydrogens is 398 g/mol. The van der Waals surface area contributed by atoms with Gasteiger partial charge in [0, 0.05) is 41.3 Å². The van der Waals surface area contributed by atoms with E-state index < -0.39 is 0 Å². The predicted molar refractivity (Wildman–Crippen MR) is 119 cm³/mol. The maximum atomic E-state index is 13.0. The number of thioether (sulfide) groups is 1. The summed E-state index contributed by atoms with van der Waals surface area (Å²) >= 11 is 1.69. The molecule has 2 aromatic carbocycles. The average molecular weight is 428 g/mol. The summed E-state index contributed by atoms with van der Waals surface area (Å²) in [6.07, 6.45) is 3.57.